The number of urea groups is 1. The van der Waals surface area contributed by atoms with E-state index in [1.807, 2.05) is 5.32 Å². The lowest BCUT2D eigenvalue weighted by Crippen LogP contribution is -2.34. The fraction of sp³-hybridized carbons (Fsp3) is 0.333. The van der Waals surface area contributed by atoms with Crippen LogP contribution in [0.1, 0.15) is 0 Å². The zero-order valence-electron chi connectivity index (χ0n) is 8.89. The van der Waals surface area contributed by atoms with Gasteiger partial charge in [0.05, 0.1) is 7.11 Å². The minimum atomic E-state index is -0.905. The van der Waals surface area contributed by atoms with Gasteiger partial charge >= 0.3 is 18.0 Å². The van der Waals surface area contributed by atoms with Crippen molar-refractivity contribution in [1.82, 2.24) is 10.6 Å². The van der Waals surface area contributed by atoms with Crippen molar-refractivity contribution in [3.63, 3.8) is 0 Å². The van der Waals surface area contributed by atoms with E-state index >= 15 is 0 Å². The summed E-state index contributed by atoms with van der Waals surface area (Å²) in [5, 5.41) is 4.22. The Labute approximate surface area is 95.9 Å². The number of carbonyl (C=O) groups excluding carboxylic acids is 4. The number of methoxy groups -OCH3 is 1. The molecule has 3 amide bonds. The third-order valence-electron chi connectivity index (χ3n) is 1.81. The van der Waals surface area contributed by atoms with E-state index in [9.17, 15) is 19.2 Å². The second-order valence-electron chi connectivity index (χ2n) is 3.00. The zero-order valence-corrected chi connectivity index (χ0v) is 8.89. The Kier molecular flexibility index (Phi) is 4.21. The molecule has 2 N–H and O–H groups in total. The number of hydrogen-bond donors (Lipinski definition) is 2. The zero-order chi connectivity index (χ0) is 12.8. The van der Waals surface area contributed by atoms with E-state index in [2.05, 4.69) is 14.8 Å². The van der Waals surface area contributed by atoms with Gasteiger partial charge in [-0.2, -0.15) is 0 Å². The summed E-state index contributed by atoms with van der Waals surface area (Å²) in [5.41, 5.74) is 0. The molecule has 92 valence electrons. The van der Waals surface area contributed by atoms with E-state index in [-0.39, 0.29) is 6.61 Å². The maximum atomic E-state index is 11.0. The van der Waals surface area contributed by atoms with Crippen LogP contribution in [0, 0.1) is 0 Å². The van der Waals surface area contributed by atoms with Crippen LogP contribution in [0.2, 0.25) is 0 Å². The number of ether oxygens (including phenoxy) is 2. The number of rotatable bonds is 4. The molecule has 0 aromatic carbocycles. The van der Waals surface area contributed by atoms with Crippen molar-refractivity contribution in [2.75, 3.05) is 13.7 Å². The Bertz CT molecular complexity index is 389. The highest BCUT2D eigenvalue weighted by atomic mass is 16.5. The van der Waals surface area contributed by atoms with Gasteiger partial charge in [-0.25, -0.2) is 14.4 Å². The normalized spacial score (nSPS) is 18.8. The van der Waals surface area contributed by atoms with Crippen molar-refractivity contribution < 1.29 is 28.7 Å². The van der Waals surface area contributed by atoms with Gasteiger partial charge in [0.15, 0.2) is 0 Å². The van der Waals surface area contributed by atoms with Crippen LogP contribution in [0.4, 0.5) is 4.79 Å². The summed E-state index contributed by atoms with van der Waals surface area (Å²) in [4.78, 5) is 43.4. The Morgan fingerprint density at radius 1 is 1.29 bits per heavy atom. The van der Waals surface area contributed by atoms with E-state index < -0.39 is 29.9 Å². The van der Waals surface area contributed by atoms with Crippen molar-refractivity contribution in [2.24, 2.45) is 0 Å². The molecule has 1 aliphatic heterocycles. The van der Waals surface area contributed by atoms with Gasteiger partial charge in [-0.05, 0) is 0 Å². The maximum absolute atomic E-state index is 11.0. The molecular formula is C9H10N2O6. The minimum absolute atomic E-state index is 0.304. The molecule has 1 rings (SSSR count). The summed E-state index contributed by atoms with van der Waals surface area (Å²) in [6.07, 6.45) is 1.75. The first-order valence-electron chi connectivity index (χ1n) is 4.57. The van der Waals surface area contributed by atoms with Crippen molar-refractivity contribution in [3.05, 3.63) is 12.2 Å². The molecule has 0 saturated carbocycles. The molecule has 1 aliphatic rings. The van der Waals surface area contributed by atoms with E-state index in [4.69, 9.17) is 0 Å². The molecule has 0 aliphatic carbocycles. The van der Waals surface area contributed by atoms with Crippen LogP contribution < -0.4 is 10.6 Å². The van der Waals surface area contributed by atoms with Crippen molar-refractivity contribution in [1.29, 1.82) is 0 Å². The smallest absolute Gasteiger partial charge is 0.331 e. The van der Waals surface area contributed by atoms with Crippen molar-refractivity contribution >= 4 is 23.9 Å². The third-order valence-corrected chi connectivity index (χ3v) is 1.81. The van der Waals surface area contributed by atoms with Gasteiger partial charge in [-0.1, -0.05) is 0 Å². The topological polar surface area (TPSA) is 111 Å². The molecule has 0 spiro atoms. The number of amides is 3. The average molecular weight is 242 g/mol. The third kappa shape index (κ3) is 3.93. The van der Waals surface area contributed by atoms with Gasteiger partial charge in [-0.15, -0.1) is 0 Å². The molecule has 0 aromatic rings. The highest BCUT2D eigenvalue weighted by Crippen LogP contribution is 1.95. The van der Waals surface area contributed by atoms with Crippen LogP contribution in [0.15, 0.2) is 12.2 Å². The monoisotopic (exact) mass is 242 g/mol. The summed E-state index contributed by atoms with van der Waals surface area (Å²) in [7, 11) is 1.16. The number of hydrogen-bond acceptors (Lipinski definition) is 6. The van der Waals surface area contributed by atoms with Gasteiger partial charge in [-0.3, -0.25) is 10.1 Å². The van der Waals surface area contributed by atoms with Gasteiger partial charge in [0, 0.05) is 12.2 Å². The minimum Gasteiger partial charge on any atom is -0.466 e. The Balaban J connectivity index is 2.34. The molecule has 1 saturated heterocycles. The highest BCUT2D eigenvalue weighted by Gasteiger charge is 2.30. The van der Waals surface area contributed by atoms with Crippen LogP contribution in [0.3, 0.4) is 0 Å². The van der Waals surface area contributed by atoms with Crippen molar-refractivity contribution in [3.8, 4) is 0 Å². The number of nitrogens with one attached hydrogen (secondary N) is 2. The predicted octanol–water partition coefficient (Wildman–Crippen LogP) is -1.53. The molecule has 0 aromatic heterocycles. The van der Waals surface area contributed by atoms with Crippen LogP contribution >= 0.6 is 0 Å². The average Bonchev–Trinajstić information content (AvgIpc) is 2.62. The lowest BCUT2D eigenvalue weighted by atomic mass is 10.3. The summed E-state index contributed by atoms with van der Waals surface area (Å²) < 4.78 is 8.89. The standard InChI is InChI=1S/C9H10N2O6/c1-16-6(12)2-3-7(13)17-4-5-8(14)11-9(15)10-5/h2-3,5H,4H2,1H3,(H2,10,11,14,15)/b3-2+/t5-/m0/s1. The molecule has 8 heteroatoms. The molecule has 0 radical (unpaired) electrons. The fourth-order valence-corrected chi connectivity index (χ4v) is 0.994. The molecule has 0 unspecified atom stereocenters. The quantitative estimate of drug-likeness (QED) is 0.351. The van der Waals surface area contributed by atoms with Crippen LogP contribution in [0.5, 0.6) is 0 Å². The lowest BCUT2D eigenvalue weighted by Gasteiger charge is -2.06. The van der Waals surface area contributed by atoms with Crippen LogP contribution in [-0.4, -0.2) is 43.6 Å². The molecule has 17 heavy (non-hydrogen) atoms. The van der Waals surface area contributed by atoms with Gasteiger partial charge in [0.25, 0.3) is 5.91 Å². The number of imide groups is 1. The molecule has 0 bridgehead atoms. The highest BCUT2D eigenvalue weighted by molar-refractivity contribution is 6.04. The first kappa shape index (κ1) is 12.7. The molecule has 1 fully saturated rings. The van der Waals surface area contributed by atoms with E-state index in [1.54, 1.807) is 0 Å². The Morgan fingerprint density at radius 3 is 2.47 bits per heavy atom. The molecule has 8 nitrogen and oxygen atoms in total. The molecule has 1 atom stereocenters. The SMILES string of the molecule is COC(=O)/C=C/C(=O)OC[C@@H]1NC(=O)NC1=O. The summed E-state index contributed by atoms with van der Waals surface area (Å²) >= 11 is 0. The Hall–Kier alpha value is -2.38. The van der Waals surface area contributed by atoms with Gasteiger partial charge < -0.3 is 14.8 Å². The first-order valence-corrected chi connectivity index (χ1v) is 4.57. The molecule has 1 heterocycles. The van der Waals surface area contributed by atoms with E-state index in [0.29, 0.717) is 0 Å². The van der Waals surface area contributed by atoms with E-state index in [1.165, 1.54) is 0 Å². The van der Waals surface area contributed by atoms with E-state index in [0.717, 1.165) is 19.3 Å². The summed E-state index contributed by atoms with van der Waals surface area (Å²) in [6.45, 7) is -0.304. The van der Waals surface area contributed by atoms with Crippen LogP contribution in [-0.2, 0) is 23.9 Å². The van der Waals surface area contributed by atoms with Crippen molar-refractivity contribution in [2.45, 2.75) is 6.04 Å². The summed E-state index contributed by atoms with van der Waals surface area (Å²) in [6, 6.07) is -1.54. The second-order valence-corrected chi connectivity index (χ2v) is 3.00. The number of carbonyl (C=O) groups is 4. The van der Waals surface area contributed by atoms with Gasteiger partial charge in [0.1, 0.15) is 12.6 Å². The summed E-state index contributed by atoms with van der Waals surface area (Å²) in [5.74, 6) is -2.09. The maximum Gasteiger partial charge on any atom is 0.331 e. The molecular weight excluding hydrogens is 232 g/mol. The fourth-order valence-electron chi connectivity index (χ4n) is 0.994. The number of esters is 2. The lowest BCUT2D eigenvalue weighted by molar-refractivity contribution is -0.140. The largest absolute Gasteiger partial charge is 0.466 e. The Morgan fingerprint density at radius 2 is 1.94 bits per heavy atom. The first-order chi connectivity index (χ1) is 8.02. The second kappa shape index (κ2) is 5.64. The predicted molar refractivity (Wildman–Crippen MR) is 52.6 cm³/mol. The van der Waals surface area contributed by atoms with Crippen LogP contribution in [0.25, 0.3) is 0 Å². The van der Waals surface area contributed by atoms with Gasteiger partial charge in [0.2, 0.25) is 0 Å².